The average Bonchev–Trinajstić information content (AvgIpc) is 2.81. The number of hydrogen-bond donors (Lipinski definition) is 1. The van der Waals surface area contributed by atoms with Crippen molar-refractivity contribution in [3.05, 3.63) is 0 Å². The van der Waals surface area contributed by atoms with Crippen molar-refractivity contribution in [3.63, 3.8) is 0 Å². The second kappa shape index (κ2) is 5.36. The second-order valence-electron chi connectivity index (χ2n) is 5.46. The Labute approximate surface area is 113 Å². The number of aliphatic carboxylic acids is 1. The van der Waals surface area contributed by atoms with E-state index in [-0.39, 0.29) is 12.1 Å². The molecular formula is C13H22N2O4. The highest BCUT2D eigenvalue weighted by Crippen LogP contribution is 2.30. The summed E-state index contributed by atoms with van der Waals surface area (Å²) in [6.45, 7) is 5.81. The Morgan fingerprint density at radius 2 is 2.16 bits per heavy atom. The molecule has 2 atom stereocenters. The topological polar surface area (TPSA) is 70.1 Å². The first kappa shape index (κ1) is 14.1. The molecule has 2 rings (SSSR count). The van der Waals surface area contributed by atoms with Crippen molar-refractivity contribution < 1.29 is 19.4 Å². The molecule has 0 bridgehead atoms. The second-order valence-corrected chi connectivity index (χ2v) is 5.46. The van der Waals surface area contributed by atoms with Crippen LogP contribution in [0.3, 0.4) is 0 Å². The van der Waals surface area contributed by atoms with Crippen LogP contribution < -0.4 is 0 Å². The van der Waals surface area contributed by atoms with Crippen LogP contribution >= 0.6 is 0 Å². The Hall–Kier alpha value is -1.30. The first-order chi connectivity index (χ1) is 8.99. The molecule has 0 aliphatic carbocycles. The van der Waals surface area contributed by atoms with Gasteiger partial charge in [0.1, 0.15) is 5.54 Å². The molecule has 0 aromatic carbocycles. The summed E-state index contributed by atoms with van der Waals surface area (Å²) < 4.78 is 5.54. The van der Waals surface area contributed by atoms with Crippen molar-refractivity contribution in [1.82, 2.24) is 9.80 Å². The minimum Gasteiger partial charge on any atom is -0.480 e. The van der Waals surface area contributed by atoms with Gasteiger partial charge >= 0.3 is 12.0 Å². The van der Waals surface area contributed by atoms with Gasteiger partial charge in [-0.2, -0.15) is 0 Å². The molecule has 2 aliphatic heterocycles. The molecule has 2 aliphatic rings. The van der Waals surface area contributed by atoms with Gasteiger partial charge in [0.2, 0.25) is 0 Å². The molecule has 0 aromatic heterocycles. The minimum absolute atomic E-state index is 0.0661. The number of carboxylic acids is 1. The van der Waals surface area contributed by atoms with E-state index in [0.29, 0.717) is 32.7 Å². The molecule has 2 heterocycles. The molecular weight excluding hydrogens is 248 g/mol. The van der Waals surface area contributed by atoms with E-state index in [4.69, 9.17) is 4.74 Å². The van der Waals surface area contributed by atoms with Gasteiger partial charge in [0.05, 0.1) is 12.7 Å². The first-order valence-corrected chi connectivity index (χ1v) is 6.90. The van der Waals surface area contributed by atoms with E-state index in [2.05, 4.69) is 0 Å². The van der Waals surface area contributed by atoms with Crippen LogP contribution in [0, 0.1) is 0 Å². The lowest BCUT2D eigenvalue weighted by atomic mass is 9.99. The molecule has 2 unspecified atom stereocenters. The largest absolute Gasteiger partial charge is 0.480 e. The van der Waals surface area contributed by atoms with E-state index < -0.39 is 11.5 Å². The van der Waals surface area contributed by atoms with Crippen LogP contribution in [-0.2, 0) is 9.53 Å². The molecule has 2 amide bonds. The van der Waals surface area contributed by atoms with Gasteiger partial charge in [0.25, 0.3) is 0 Å². The van der Waals surface area contributed by atoms with Crippen molar-refractivity contribution in [2.24, 2.45) is 0 Å². The van der Waals surface area contributed by atoms with E-state index in [1.54, 1.807) is 11.8 Å². The molecule has 2 saturated heterocycles. The first-order valence-electron chi connectivity index (χ1n) is 6.90. The Kier molecular flexibility index (Phi) is 3.99. The summed E-state index contributed by atoms with van der Waals surface area (Å²) >= 11 is 0. The molecule has 1 N–H and O–H groups in total. The van der Waals surface area contributed by atoms with Crippen LogP contribution in [0.25, 0.3) is 0 Å². The number of urea groups is 1. The Morgan fingerprint density at radius 3 is 2.79 bits per heavy atom. The molecule has 0 aromatic rings. The number of nitrogens with zero attached hydrogens (tertiary/aromatic N) is 2. The average molecular weight is 270 g/mol. The molecule has 6 nitrogen and oxygen atoms in total. The molecule has 2 fully saturated rings. The van der Waals surface area contributed by atoms with Crippen LogP contribution in [0.15, 0.2) is 0 Å². The molecule has 19 heavy (non-hydrogen) atoms. The summed E-state index contributed by atoms with van der Waals surface area (Å²) in [5.74, 6) is -0.918. The fourth-order valence-corrected chi connectivity index (χ4v) is 2.80. The van der Waals surface area contributed by atoms with Gasteiger partial charge in [-0.05, 0) is 26.2 Å². The highest BCUT2D eigenvalue weighted by atomic mass is 16.5. The van der Waals surface area contributed by atoms with Crippen molar-refractivity contribution in [2.75, 3.05) is 26.2 Å². The highest BCUT2D eigenvalue weighted by molar-refractivity contribution is 5.86. The fraction of sp³-hybridized carbons (Fsp3) is 0.846. The Bertz CT molecular complexity index is 374. The third-order valence-corrected chi connectivity index (χ3v) is 4.20. The number of morpholine rings is 1. The maximum atomic E-state index is 12.5. The molecule has 0 saturated carbocycles. The van der Waals surface area contributed by atoms with Gasteiger partial charge in [0, 0.05) is 19.6 Å². The molecule has 0 radical (unpaired) electrons. The fourth-order valence-electron chi connectivity index (χ4n) is 2.80. The van der Waals surface area contributed by atoms with Crippen molar-refractivity contribution >= 4 is 12.0 Å². The number of ether oxygens (including phenoxy) is 1. The minimum atomic E-state index is -1.06. The van der Waals surface area contributed by atoms with E-state index in [1.165, 1.54) is 4.90 Å². The Balaban J connectivity index is 2.08. The van der Waals surface area contributed by atoms with Crippen molar-refractivity contribution in [3.8, 4) is 0 Å². The zero-order chi connectivity index (χ0) is 14.0. The standard InChI is InChI=1S/C13H22N2O4/c1-3-10-9-14(7-8-19-10)12(18)15-6-4-5-13(15,2)11(16)17/h10H,3-9H2,1-2H3,(H,16,17). The summed E-state index contributed by atoms with van der Waals surface area (Å²) in [5.41, 5.74) is -1.06. The number of hydrogen-bond acceptors (Lipinski definition) is 3. The van der Waals surface area contributed by atoms with E-state index in [1.807, 2.05) is 6.92 Å². The van der Waals surface area contributed by atoms with Crippen LogP contribution in [0.4, 0.5) is 4.79 Å². The summed E-state index contributed by atoms with van der Waals surface area (Å²) in [6.07, 6.45) is 2.20. The quantitative estimate of drug-likeness (QED) is 0.817. The van der Waals surface area contributed by atoms with Crippen LogP contribution in [0.5, 0.6) is 0 Å². The normalized spacial score (nSPS) is 31.6. The zero-order valence-electron chi connectivity index (χ0n) is 11.6. The maximum Gasteiger partial charge on any atom is 0.329 e. The predicted octanol–water partition coefficient (Wildman–Crippen LogP) is 1.16. The van der Waals surface area contributed by atoms with Gasteiger partial charge in [-0.25, -0.2) is 9.59 Å². The number of amides is 2. The van der Waals surface area contributed by atoms with E-state index in [0.717, 1.165) is 12.8 Å². The smallest absolute Gasteiger partial charge is 0.329 e. The molecule has 6 heteroatoms. The zero-order valence-corrected chi connectivity index (χ0v) is 11.6. The SMILES string of the molecule is CCC1CN(C(=O)N2CCCC2(C)C(=O)O)CCO1. The summed E-state index contributed by atoms with van der Waals surface area (Å²) in [4.78, 5) is 27.2. The summed E-state index contributed by atoms with van der Waals surface area (Å²) in [7, 11) is 0. The number of likely N-dealkylation sites (tertiary alicyclic amines) is 1. The van der Waals surface area contributed by atoms with Crippen LogP contribution in [0.2, 0.25) is 0 Å². The lowest BCUT2D eigenvalue weighted by Gasteiger charge is -2.39. The van der Waals surface area contributed by atoms with Crippen molar-refractivity contribution in [2.45, 2.75) is 44.8 Å². The van der Waals surface area contributed by atoms with Gasteiger partial charge in [0.15, 0.2) is 0 Å². The van der Waals surface area contributed by atoms with Crippen LogP contribution in [0.1, 0.15) is 33.1 Å². The van der Waals surface area contributed by atoms with Crippen LogP contribution in [-0.4, -0.2) is 64.8 Å². The Morgan fingerprint density at radius 1 is 1.42 bits per heavy atom. The van der Waals surface area contributed by atoms with Gasteiger partial charge in [-0.3, -0.25) is 0 Å². The van der Waals surface area contributed by atoms with Gasteiger partial charge < -0.3 is 19.6 Å². The lowest BCUT2D eigenvalue weighted by molar-refractivity contribution is -0.147. The highest BCUT2D eigenvalue weighted by Gasteiger charge is 2.47. The number of carbonyl (C=O) groups is 2. The lowest BCUT2D eigenvalue weighted by Crippen LogP contribution is -2.57. The van der Waals surface area contributed by atoms with Gasteiger partial charge in [-0.15, -0.1) is 0 Å². The summed E-state index contributed by atoms with van der Waals surface area (Å²) in [5, 5.41) is 9.35. The number of carboxylic acid groups (broad SMARTS) is 1. The maximum absolute atomic E-state index is 12.5. The predicted molar refractivity (Wildman–Crippen MR) is 69.0 cm³/mol. The molecule has 108 valence electrons. The third kappa shape index (κ3) is 2.54. The number of rotatable bonds is 2. The van der Waals surface area contributed by atoms with E-state index >= 15 is 0 Å². The summed E-state index contributed by atoms with van der Waals surface area (Å²) in [6, 6.07) is -0.163. The molecule has 0 spiro atoms. The number of carbonyl (C=O) groups excluding carboxylic acids is 1. The van der Waals surface area contributed by atoms with E-state index in [9.17, 15) is 14.7 Å². The van der Waals surface area contributed by atoms with Crippen molar-refractivity contribution in [1.29, 1.82) is 0 Å². The monoisotopic (exact) mass is 270 g/mol. The third-order valence-electron chi connectivity index (χ3n) is 4.20. The van der Waals surface area contributed by atoms with Gasteiger partial charge in [-0.1, -0.05) is 6.92 Å².